The maximum Gasteiger partial charge on any atom is 0.323 e. The minimum Gasteiger partial charge on any atom is -0.308 e. The first-order chi connectivity index (χ1) is 15.5. The van der Waals surface area contributed by atoms with Crippen molar-refractivity contribution in [3.8, 4) is 0 Å². The van der Waals surface area contributed by atoms with E-state index in [2.05, 4.69) is 5.32 Å². The minimum atomic E-state index is -1.18. The number of thioether (sulfide) groups is 1. The highest BCUT2D eigenvalue weighted by Crippen LogP contribution is 2.54. The third-order valence-corrected chi connectivity index (χ3v) is 7.40. The molecule has 32 heavy (non-hydrogen) atoms. The molecular weight excluding hydrogens is 449 g/mol. The van der Waals surface area contributed by atoms with E-state index in [1.807, 2.05) is 24.3 Å². The molecule has 5 nitrogen and oxygen atoms in total. The molecule has 162 valence electrons. The molecule has 8 heteroatoms. The third-order valence-electron chi connectivity index (χ3n) is 5.73. The van der Waals surface area contributed by atoms with Gasteiger partial charge in [-0.3, -0.25) is 9.69 Å². The standard InChI is InChI=1S/C24H19ClFN3O2S/c25-17-9-11-18(12-10-17)27-23(31)29-13-14-32-24(29)19-6-2-4-8-21(19)28(22(24)30)15-16-5-1-3-7-20(16)26/h1-12H,13-15H2,(H,27,31)/t24-/m0/s1. The molecule has 2 aliphatic rings. The Balaban J connectivity index is 1.51. The molecule has 2 heterocycles. The van der Waals surface area contributed by atoms with Crippen molar-refractivity contribution in [2.75, 3.05) is 22.5 Å². The average Bonchev–Trinajstić information content (AvgIpc) is 3.34. The van der Waals surface area contributed by atoms with Gasteiger partial charge in [0.15, 0.2) is 4.87 Å². The summed E-state index contributed by atoms with van der Waals surface area (Å²) in [7, 11) is 0. The summed E-state index contributed by atoms with van der Waals surface area (Å²) in [4.78, 5) is 29.1. The molecule has 1 fully saturated rings. The quantitative estimate of drug-likeness (QED) is 0.556. The van der Waals surface area contributed by atoms with Crippen LogP contribution in [0.4, 0.5) is 20.6 Å². The van der Waals surface area contributed by atoms with Crippen molar-refractivity contribution in [3.63, 3.8) is 0 Å². The van der Waals surface area contributed by atoms with Crippen LogP contribution in [0.15, 0.2) is 72.8 Å². The Bertz CT molecular complexity index is 1210. The van der Waals surface area contributed by atoms with E-state index in [9.17, 15) is 14.0 Å². The predicted octanol–water partition coefficient (Wildman–Crippen LogP) is 5.46. The summed E-state index contributed by atoms with van der Waals surface area (Å²) in [5.74, 6) is 0.00706. The molecule has 2 aliphatic heterocycles. The predicted molar refractivity (Wildman–Crippen MR) is 125 cm³/mol. The molecule has 3 amide bonds. The number of carbonyl (C=O) groups is 2. The van der Waals surface area contributed by atoms with Crippen LogP contribution in [0, 0.1) is 5.82 Å². The Morgan fingerprint density at radius 2 is 1.78 bits per heavy atom. The van der Waals surface area contributed by atoms with E-state index in [-0.39, 0.29) is 24.3 Å². The highest BCUT2D eigenvalue weighted by Gasteiger charge is 2.59. The largest absolute Gasteiger partial charge is 0.323 e. The van der Waals surface area contributed by atoms with Crippen LogP contribution in [-0.2, 0) is 16.2 Å². The van der Waals surface area contributed by atoms with Crippen molar-refractivity contribution in [2.24, 2.45) is 0 Å². The van der Waals surface area contributed by atoms with E-state index in [1.54, 1.807) is 52.3 Å². The molecule has 0 bridgehead atoms. The van der Waals surface area contributed by atoms with Gasteiger partial charge in [-0.2, -0.15) is 0 Å². The van der Waals surface area contributed by atoms with Gasteiger partial charge in [0.25, 0.3) is 5.91 Å². The molecule has 0 unspecified atom stereocenters. The van der Waals surface area contributed by atoms with Gasteiger partial charge >= 0.3 is 6.03 Å². The SMILES string of the molecule is O=C(Nc1ccc(Cl)cc1)N1CCS[C@@]12C(=O)N(Cc1ccccc1F)c1ccccc12. The number of para-hydroxylation sites is 1. The normalized spacial score (nSPS) is 19.5. The molecule has 1 atom stereocenters. The van der Waals surface area contributed by atoms with Crippen molar-refractivity contribution >= 4 is 46.7 Å². The highest BCUT2D eigenvalue weighted by molar-refractivity contribution is 8.01. The van der Waals surface area contributed by atoms with Gasteiger partial charge in [-0.15, -0.1) is 11.8 Å². The molecule has 0 radical (unpaired) electrons. The number of hydrogen-bond donors (Lipinski definition) is 1. The lowest BCUT2D eigenvalue weighted by atomic mass is 10.1. The maximum atomic E-state index is 14.4. The lowest BCUT2D eigenvalue weighted by Crippen LogP contribution is -2.51. The Morgan fingerprint density at radius 3 is 2.56 bits per heavy atom. The van der Waals surface area contributed by atoms with Crippen LogP contribution in [0.3, 0.4) is 0 Å². The Kier molecular flexibility index (Phi) is 5.31. The second kappa shape index (κ2) is 8.15. The second-order valence-electron chi connectivity index (χ2n) is 7.58. The molecule has 0 aromatic heterocycles. The number of amides is 3. The Labute approximate surface area is 194 Å². The minimum absolute atomic E-state index is 0.0947. The molecule has 1 spiro atoms. The fourth-order valence-corrected chi connectivity index (χ4v) is 5.83. The van der Waals surface area contributed by atoms with Crippen LogP contribution in [0.2, 0.25) is 5.02 Å². The number of fused-ring (bicyclic) bond motifs is 2. The molecule has 0 aliphatic carbocycles. The molecule has 5 rings (SSSR count). The van der Waals surface area contributed by atoms with E-state index in [0.717, 1.165) is 5.56 Å². The van der Waals surface area contributed by atoms with Crippen molar-refractivity contribution < 1.29 is 14.0 Å². The third kappa shape index (κ3) is 3.32. The molecular formula is C24H19ClFN3O2S. The van der Waals surface area contributed by atoms with Gasteiger partial charge in [-0.1, -0.05) is 48.0 Å². The molecule has 3 aromatic rings. The fraction of sp³-hybridized carbons (Fsp3) is 0.167. The van der Waals surface area contributed by atoms with Gasteiger partial charge in [0.2, 0.25) is 0 Å². The number of nitrogens with one attached hydrogen (secondary N) is 1. The number of rotatable bonds is 3. The van der Waals surface area contributed by atoms with E-state index in [4.69, 9.17) is 11.6 Å². The number of halogens is 2. The summed E-state index contributed by atoms with van der Waals surface area (Å²) >= 11 is 7.37. The van der Waals surface area contributed by atoms with Crippen molar-refractivity contribution in [1.82, 2.24) is 4.90 Å². The summed E-state index contributed by atoms with van der Waals surface area (Å²) in [6.45, 7) is 0.509. The van der Waals surface area contributed by atoms with Crippen LogP contribution >= 0.6 is 23.4 Å². The van der Waals surface area contributed by atoms with Crippen LogP contribution < -0.4 is 10.2 Å². The summed E-state index contributed by atoms with van der Waals surface area (Å²) in [6.07, 6.45) is 0. The highest BCUT2D eigenvalue weighted by atomic mass is 35.5. The molecule has 1 saturated heterocycles. The zero-order valence-corrected chi connectivity index (χ0v) is 18.5. The number of nitrogens with zero attached hydrogens (tertiary/aromatic N) is 2. The van der Waals surface area contributed by atoms with Gasteiger partial charge in [-0.25, -0.2) is 9.18 Å². The number of carbonyl (C=O) groups excluding carboxylic acids is 2. The van der Waals surface area contributed by atoms with Gasteiger partial charge in [-0.05, 0) is 36.4 Å². The molecule has 3 aromatic carbocycles. The summed E-state index contributed by atoms with van der Waals surface area (Å²) in [6, 6.07) is 20.3. The first-order valence-corrected chi connectivity index (χ1v) is 11.5. The fourth-order valence-electron chi connectivity index (χ4n) is 4.25. The lowest BCUT2D eigenvalue weighted by molar-refractivity contribution is -0.123. The Morgan fingerprint density at radius 1 is 1.06 bits per heavy atom. The summed E-state index contributed by atoms with van der Waals surface area (Å²) in [5, 5.41) is 3.44. The zero-order valence-electron chi connectivity index (χ0n) is 16.9. The van der Waals surface area contributed by atoms with Crippen molar-refractivity contribution in [1.29, 1.82) is 0 Å². The monoisotopic (exact) mass is 467 g/mol. The lowest BCUT2D eigenvalue weighted by Gasteiger charge is -2.33. The van der Waals surface area contributed by atoms with Crippen LogP contribution in [0.25, 0.3) is 0 Å². The first kappa shape index (κ1) is 20.8. The Hall–Kier alpha value is -3.03. The van der Waals surface area contributed by atoms with Crippen LogP contribution in [-0.4, -0.2) is 29.1 Å². The van der Waals surface area contributed by atoms with Gasteiger partial charge in [0.1, 0.15) is 5.82 Å². The van der Waals surface area contributed by atoms with E-state index in [1.165, 1.54) is 17.8 Å². The van der Waals surface area contributed by atoms with Gasteiger partial charge in [0.05, 0.1) is 12.2 Å². The topological polar surface area (TPSA) is 52.7 Å². The number of hydrogen-bond acceptors (Lipinski definition) is 3. The molecule has 0 saturated carbocycles. The molecule has 1 N–H and O–H groups in total. The zero-order chi connectivity index (χ0) is 22.3. The van der Waals surface area contributed by atoms with Gasteiger partial charge in [0, 0.05) is 34.1 Å². The summed E-state index contributed by atoms with van der Waals surface area (Å²) in [5.41, 5.74) is 2.45. The number of anilines is 2. The van der Waals surface area contributed by atoms with Crippen LogP contribution in [0.5, 0.6) is 0 Å². The van der Waals surface area contributed by atoms with E-state index in [0.29, 0.717) is 34.3 Å². The smallest absolute Gasteiger partial charge is 0.308 e. The average molecular weight is 468 g/mol. The first-order valence-electron chi connectivity index (χ1n) is 10.1. The second-order valence-corrected chi connectivity index (χ2v) is 9.31. The van der Waals surface area contributed by atoms with Crippen LogP contribution in [0.1, 0.15) is 11.1 Å². The van der Waals surface area contributed by atoms with Crippen molar-refractivity contribution in [3.05, 3.63) is 94.8 Å². The number of urea groups is 1. The maximum absolute atomic E-state index is 14.4. The van der Waals surface area contributed by atoms with Gasteiger partial charge < -0.3 is 10.2 Å². The summed E-state index contributed by atoms with van der Waals surface area (Å²) < 4.78 is 14.4. The van der Waals surface area contributed by atoms with Crippen molar-refractivity contribution in [2.45, 2.75) is 11.4 Å². The number of benzene rings is 3. The van der Waals surface area contributed by atoms with E-state index >= 15 is 0 Å². The van der Waals surface area contributed by atoms with E-state index < -0.39 is 4.87 Å².